The molecule has 0 heterocycles. The number of methoxy groups -OCH3 is 9. The van der Waals surface area contributed by atoms with Crippen LogP contribution in [0.1, 0.15) is 13.8 Å². The van der Waals surface area contributed by atoms with Crippen LogP contribution in [0.15, 0.2) is 107 Å². The van der Waals surface area contributed by atoms with E-state index in [0.29, 0.717) is 14.2 Å². The lowest BCUT2D eigenvalue weighted by molar-refractivity contribution is -0.150. The van der Waals surface area contributed by atoms with Gasteiger partial charge in [0, 0.05) is 0 Å². The van der Waals surface area contributed by atoms with E-state index in [-0.39, 0.29) is 0 Å². The predicted octanol–water partition coefficient (Wildman–Crippen LogP) is 11.8. The van der Waals surface area contributed by atoms with E-state index in [9.17, 15) is 157 Å². The van der Waals surface area contributed by atoms with E-state index >= 15 is 0 Å². The summed E-state index contributed by atoms with van der Waals surface area (Å²) in [6.07, 6.45) is -33.5. The molecule has 0 rings (SSSR count). The Morgan fingerprint density at radius 3 is 0.581 bits per heavy atom. The number of hydrogen-bond donors (Lipinski definition) is 0. The Hall–Kier alpha value is -8.93. The van der Waals surface area contributed by atoms with Crippen molar-refractivity contribution in [1.29, 1.82) is 0 Å². The molecule has 0 radical (unpaired) electrons. The van der Waals surface area contributed by atoms with E-state index in [2.05, 4.69) is 62.4 Å². The first-order valence-corrected chi connectivity index (χ1v) is 19.1. The van der Waals surface area contributed by atoms with Gasteiger partial charge < -0.3 is 42.6 Å². The van der Waals surface area contributed by atoms with Crippen LogP contribution >= 0.6 is 0 Å². The van der Waals surface area contributed by atoms with E-state index in [1.54, 1.807) is 0 Å². The summed E-state index contributed by atoms with van der Waals surface area (Å²) in [5, 5.41) is 0. The summed E-state index contributed by atoms with van der Waals surface area (Å²) in [6.45, 7) is 9.68. The topological polar surface area (TPSA) is 237 Å². The van der Waals surface area contributed by atoms with Crippen molar-refractivity contribution in [3.63, 3.8) is 0 Å². The van der Waals surface area contributed by atoms with Gasteiger partial charge in [0.25, 0.3) is 30.1 Å². The first-order valence-electron chi connectivity index (χ1n) is 19.1. The van der Waals surface area contributed by atoms with Gasteiger partial charge in [0.15, 0.2) is 0 Å². The fourth-order valence-corrected chi connectivity index (χ4v) is 2.16. The predicted molar refractivity (Wildman–Crippen MR) is 230 cm³/mol. The van der Waals surface area contributed by atoms with Gasteiger partial charge in [0.1, 0.15) is 17.5 Å². The lowest BCUT2D eigenvalue weighted by Crippen LogP contribution is -2.22. The second-order valence-corrected chi connectivity index (χ2v) is 11.9. The van der Waals surface area contributed by atoms with Crippen molar-refractivity contribution in [2.45, 2.75) is 38.6 Å². The SMILES string of the molecule is C=C(C(=O)OC)C(F)(F)F.C=C(C(=O)OC)C(F)(F)F.C=C(F)C(=O)OC.COC(=O)/C(F)=C/F.COC(=O)C(=C(F)F)C(F)(F)F.COC(=O)C(=C(F)F)C(F)(F)F.COC(=O)C(C)=C(F)F.COC(=O)C(C)=C(F)F.COC(=O)C(F)=C(F)F. The number of rotatable bonds is 9. The molecule has 0 aromatic rings. The molecule has 0 amide bonds. The molecule has 0 fully saturated rings. The first-order chi connectivity index (χ1) is 38.6. The van der Waals surface area contributed by atoms with Crippen LogP contribution in [0.2, 0.25) is 0 Å². The van der Waals surface area contributed by atoms with E-state index < -0.39 is 166 Å². The molecule has 0 aromatic heterocycles. The number of alkyl halides is 12. The molecule has 0 spiro atoms. The number of carbonyl (C=O) groups is 9. The van der Waals surface area contributed by atoms with Crippen LogP contribution in [0.3, 0.4) is 0 Å². The van der Waals surface area contributed by atoms with E-state index in [1.807, 2.05) is 0 Å². The summed E-state index contributed by atoms with van der Waals surface area (Å²) in [4.78, 5) is 90.3. The maximum atomic E-state index is 11.6. The van der Waals surface area contributed by atoms with E-state index in [1.165, 1.54) is 0 Å². The maximum absolute atomic E-state index is 11.6. The van der Waals surface area contributed by atoms with Crippen molar-refractivity contribution in [2.75, 3.05) is 64.0 Å². The molecule has 0 aliphatic rings. The number of halogens is 26. The van der Waals surface area contributed by atoms with Crippen LogP contribution in [-0.4, -0.2) is 142 Å². The van der Waals surface area contributed by atoms with Crippen molar-refractivity contribution >= 4 is 53.7 Å². The minimum atomic E-state index is -5.38. The highest BCUT2D eigenvalue weighted by Gasteiger charge is 2.45. The summed E-state index contributed by atoms with van der Waals surface area (Å²) in [5.41, 5.74) is -9.39. The number of carbonyl (C=O) groups excluding carboxylic acids is 9. The summed E-state index contributed by atoms with van der Waals surface area (Å²) in [7, 11) is 7.85. The first kappa shape index (κ1) is 96.2. The third kappa shape index (κ3) is 49.7. The summed E-state index contributed by atoms with van der Waals surface area (Å²) < 4.78 is 332. The van der Waals surface area contributed by atoms with Gasteiger partial charge in [-0.25, -0.2) is 47.5 Å². The van der Waals surface area contributed by atoms with Crippen molar-refractivity contribution in [3.8, 4) is 0 Å². The Labute approximate surface area is 463 Å². The third-order valence-corrected chi connectivity index (χ3v) is 6.24. The number of esters is 9. The van der Waals surface area contributed by atoms with Crippen molar-refractivity contribution < 1.29 is 200 Å². The Kier molecular flexibility index (Phi) is 54.2. The van der Waals surface area contributed by atoms with Gasteiger partial charge in [-0.15, -0.1) is 0 Å². The Morgan fingerprint density at radius 2 is 0.523 bits per heavy atom. The van der Waals surface area contributed by atoms with E-state index in [4.69, 9.17) is 0 Å². The van der Waals surface area contributed by atoms with Crippen LogP contribution in [-0.2, 0) is 85.8 Å². The molecule has 0 aromatic carbocycles. The van der Waals surface area contributed by atoms with Crippen molar-refractivity contribution in [2.24, 2.45) is 0 Å². The highest BCUT2D eigenvalue weighted by Crippen LogP contribution is 2.31. The molecule has 0 aliphatic heterocycles. The average Bonchev–Trinajstić information content (AvgIpc) is 3.41. The fourth-order valence-electron chi connectivity index (χ4n) is 2.16. The lowest BCUT2D eigenvalue weighted by atomic mass is 10.3. The highest BCUT2D eigenvalue weighted by molar-refractivity contribution is 5.91. The van der Waals surface area contributed by atoms with Gasteiger partial charge in [-0.1, -0.05) is 19.7 Å². The zero-order valence-electron chi connectivity index (χ0n) is 44.4. The molecule has 0 unspecified atom stereocenters. The van der Waals surface area contributed by atoms with Crippen LogP contribution in [0.25, 0.3) is 0 Å². The standard InChI is InChI=1S/2C5H3F5O2.2C5H5F3O2.2C5H6F2O2.C4H3F3O2.C4H4F2O2.C4H5FO2/c2*1-12-4(11)2(3(6)7)5(8,9)10;2*1-3(4(9)10-2)5(6,7)8;2*1-3(4(6)7)5(8)9-2;1-9-4(8)2(5)3(6)7;1-8-4(7)3(6)2-5;1-3(5)4(6)7-2/h2*1H3;2*1H2,2H3;2*1-2H3;1H3;2H,1H3;1H2,2H3/b;;;;;;;3-2-;. The van der Waals surface area contributed by atoms with Gasteiger partial charge in [-0.3, -0.25) is 0 Å². The number of hydrogen-bond acceptors (Lipinski definition) is 18. The van der Waals surface area contributed by atoms with Gasteiger partial charge in [0.2, 0.25) is 22.8 Å². The molecule has 18 nitrogen and oxygen atoms in total. The molecule has 86 heavy (non-hydrogen) atoms. The zero-order valence-corrected chi connectivity index (χ0v) is 44.4. The second kappa shape index (κ2) is 48.4. The summed E-state index contributed by atoms with van der Waals surface area (Å²) >= 11 is 0. The maximum Gasteiger partial charge on any atom is 0.428 e. The molecule has 0 atom stereocenters. The zero-order chi connectivity index (χ0) is 71.4. The lowest BCUT2D eigenvalue weighted by Gasteiger charge is -2.06. The number of ether oxygens (including phenoxy) is 9. The Bertz CT molecular complexity index is 2290. The molecule has 0 bridgehead atoms. The summed E-state index contributed by atoms with van der Waals surface area (Å²) in [5.74, 6) is -17.8. The van der Waals surface area contributed by atoms with E-state index in [0.717, 1.165) is 63.6 Å². The van der Waals surface area contributed by atoms with Gasteiger partial charge in [-0.05, 0) is 13.8 Å². The molecule has 0 N–H and O–H groups in total. The molecule has 0 saturated heterocycles. The average molecular weight is 1330 g/mol. The van der Waals surface area contributed by atoms with Crippen LogP contribution in [0.5, 0.6) is 0 Å². The molecule has 498 valence electrons. The quantitative estimate of drug-likeness (QED) is 0.0902. The largest absolute Gasteiger partial charge is 0.466 e. The second-order valence-electron chi connectivity index (χ2n) is 11.9. The monoisotopic (exact) mass is 1330 g/mol. The van der Waals surface area contributed by atoms with Gasteiger partial charge >= 0.3 is 84.5 Å². The Morgan fingerprint density at radius 1 is 0.302 bits per heavy atom. The normalized spacial score (nSPS) is 9.85. The smallest absolute Gasteiger partial charge is 0.428 e. The van der Waals surface area contributed by atoms with Crippen LogP contribution in [0.4, 0.5) is 114 Å². The van der Waals surface area contributed by atoms with Crippen molar-refractivity contribution in [1.82, 2.24) is 0 Å². The van der Waals surface area contributed by atoms with Crippen molar-refractivity contribution in [3.05, 3.63) is 107 Å². The minimum absolute atomic E-state index is 0.453. The van der Waals surface area contributed by atoms with Gasteiger partial charge in [0.05, 0.1) is 75.1 Å². The third-order valence-electron chi connectivity index (χ3n) is 6.24. The molecule has 44 heteroatoms. The minimum Gasteiger partial charge on any atom is -0.466 e. The molecular weight excluding hydrogens is 1290 g/mol. The van der Waals surface area contributed by atoms with Gasteiger partial charge in [-0.2, -0.15) is 110 Å². The molecule has 0 saturated carbocycles. The van der Waals surface area contributed by atoms with Crippen LogP contribution < -0.4 is 0 Å². The highest BCUT2D eigenvalue weighted by atomic mass is 19.4. The fraction of sp³-hybridized carbons (Fsp3) is 0.357. The van der Waals surface area contributed by atoms with Crippen LogP contribution in [0, 0.1) is 0 Å². The Balaban J connectivity index is -0.000000111. The summed E-state index contributed by atoms with van der Waals surface area (Å²) in [6, 6.07) is 0. The molecule has 0 aliphatic carbocycles. The molecular formula is C42H40F26O18.